The van der Waals surface area contributed by atoms with E-state index in [1.165, 1.54) is 6.42 Å². The summed E-state index contributed by atoms with van der Waals surface area (Å²) in [5.41, 5.74) is 5.83. The number of pyridine rings is 1. The lowest BCUT2D eigenvalue weighted by atomic mass is 10.1. The smallest absolute Gasteiger partial charge is 0.0959 e. The average Bonchev–Trinajstić information content (AvgIpc) is 2.25. The minimum absolute atomic E-state index is 0.374. The molecule has 0 radical (unpaired) electrons. The number of nitrogens with zero attached hydrogens (tertiary/aromatic N) is 1. The van der Waals surface area contributed by atoms with Gasteiger partial charge in [0.25, 0.3) is 0 Å². The molecule has 0 aliphatic rings. The number of hydrogen-bond donors (Lipinski definition) is 1. The van der Waals surface area contributed by atoms with Crippen LogP contribution in [0.2, 0.25) is 0 Å². The fraction of sp³-hybridized carbons (Fsp3) is 0.545. The Labute approximate surface area is 90.3 Å². The minimum atomic E-state index is 0.374. The van der Waals surface area contributed by atoms with Crippen LogP contribution in [0.25, 0.3) is 0 Å². The van der Waals surface area contributed by atoms with Gasteiger partial charge in [-0.15, -0.1) is 11.8 Å². The third-order valence-corrected chi connectivity index (χ3v) is 3.16. The molecule has 2 nitrogen and oxygen atoms in total. The highest BCUT2D eigenvalue weighted by Crippen LogP contribution is 2.16. The maximum Gasteiger partial charge on any atom is 0.0959 e. The Hall–Kier alpha value is -0.540. The van der Waals surface area contributed by atoms with Crippen molar-refractivity contribution in [3.05, 3.63) is 24.4 Å². The topological polar surface area (TPSA) is 38.9 Å². The second-order valence-electron chi connectivity index (χ2n) is 3.33. The SMILES string of the molecule is CCC(N)CCCSc1ccccn1. The summed E-state index contributed by atoms with van der Waals surface area (Å²) in [6, 6.07) is 6.38. The zero-order chi connectivity index (χ0) is 10.2. The highest BCUT2D eigenvalue weighted by atomic mass is 32.2. The van der Waals surface area contributed by atoms with Gasteiger partial charge in [0.2, 0.25) is 0 Å². The molecule has 2 N–H and O–H groups in total. The molecule has 1 rings (SSSR count). The third kappa shape index (κ3) is 4.63. The average molecular weight is 210 g/mol. The normalized spacial score (nSPS) is 12.7. The van der Waals surface area contributed by atoms with E-state index in [-0.39, 0.29) is 0 Å². The maximum atomic E-state index is 5.83. The summed E-state index contributed by atoms with van der Waals surface area (Å²) < 4.78 is 0. The number of rotatable bonds is 6. The van der Waals surface area contributed by atoms with E-state index in [0.717, 1.165) is 23.6 Å². The summed E-state index contributed by atoms with van der Waals surface area (Å²) in [6.45, 7) is 2.14. The first-order chi connectivity index (χ1) is 6.83. The number of hydrogen-bond acceptors (Lipinski definition) is 3. The van der Waals surface area contributed by atoms with Gasteiger partial charge in [0.05, 0.1) is 5.03 Å². The zero-order valence-electron chi connectivity index (χ0n) is 8.65. The van der Waals surface area contributed by atoms with Crippen LogP contribution in [-0.4, -0.2) is 16.8 Å². The molecular formula is C11H18N2S. The lowest BCUT2D eigenvalue weighted by Crippen LogP contribution is -2.18. The van der Waals surface area contributed by atoms with Crippen molar-refractivity contribution >= 4 is 11.8 Å². The van der Waals surface area contributed by atoms with E-state index < -0.39 is 0 Å². The lowest BCUT2D eigenvalue weighted by molar-refractivity contribution is 0.589. The monoisotopic (exact) mass is 210 g/mol. The van der Waals surface area contributed by atoms with E-state index in [1.54, 1.807) is 11.8 Å². The first-order valence-electron chi connectivity index (χ1n) is 5.12. The molecule has 0 aliphatic heterocycles. The molecule has 0 amide bonds. The molecule has 14 heavy (non-hydrogen) atoms. The molecule has 0 bridgehead atoms. The summed E-state index contributed by atoms with van der Waals surface area (Å²) in [5.74, 6) is 1.12. The van der Waals surface area contributed by atoms with Gasteiger partial charge in [0.15, 0.2) is 0 Å². The molecule has 1 unspecified atom stereocenters. The summed E-state index contributed by atoms with van der Waals surface area (Å²) in [5, 5.41) is 1.11. The predicted octanol–water partition coefficient (Wildman–Crippen LogP) is 2.69. The number of aromatic nitrogens is 1. The van der Waals surface area contributed by atoms with Crippen molar-refractivity contribution in [2.75, 3.05) is 5.75 Å². The first-order valence-corrected chi connectivity index (χ1v) is 6.11. The van der Waals surface area contributed by atoms with Crippen molar-refractivity contribution in [2.45, 2.75) is 37.3 Å². The second-order valence-corrected chi connectivity index (χ2v) is 4.44. The molecule has 1 aromatic rings. The van der Waals surface area contributed by atoms with Crippen LogP contribution in [0.1, 0.15) is 26.2 Å². The molecule has 1 heterocycles. The molecule has 1 aromatic heterocycles. The van der Waals surface area contributed by atoms with Crippen molar-refractivity contribution in [1.29, 1.82) is 0 Å². The number of nitrogens with two attached hydrogens (primary N) is 1. The van der Waals surface area contributed by atoms with E-state index >= 15 is 0 Å². The molecule has 3 heteroatoms. The standard InChI is InChI=1S/C11H18N2S/c1-2-10(12)6-5-9-14-11-7-3-4-8-13-11/h3-4,7-8,10H,2,5-6,9,12H2,1H3. The van der Waals surface area contributed by atoms with E-state index in [0.29, 0.717) is 6.04 Å². The van der Waals surface area contributed by atoms with Crippen LogP contribution in [0.3, 0.4) is 0 Å². The van der Waals surface area contributed by atoms with Gasteiger partial charge in [-0.3, -0.25) is 0 Å². The van der Waals surface area contributed by atoms with Crippen molar-refractivity contribution in [3.63, 3.8) is 0 Å². The highest BCUT2D eigenvalue weighted by Gasteiger charge is 1.99. The Kier molecular flexibility index (Phi) is 5.64. The van der Waals surface area contributed by atoms with E-state index in [4.69, 9.17) is 5.73 Å². The van der Waals surface area contributed by atoms with Gasteiger partial charge < -0.3 is 5.73 Å². The summed E-state index contributed by atoms with van der Waals surface area (Å²) in [6.07, 6.45) is 5.21. The summed E-state index contributed by atoms with van der Waals surface area (Å²) >= 11 is 1.81. The lowest BCUT2D eigenvalue weighted by Gasteiger charge is -2.07. The molecule has 78 valence electrons. The highest BCUT2D eigenvalue weighted by molar-refractivity contribution is 7.99. The molecule has 0 aliphatic carbocycles. The van der Waals surface area contributed by atoms with Crippen molar-refractivity contribution in [2.24, 2.45) is 5.73 Å². The van der Waals surface area contributed by atoms with Crippen molar-refractivity contribution < 1.29 is 0 Å². The summed E-state index contributed by atoms with van der Waals surface area (Å²) in [7, 11) is 0. The first kappa shape index (κ1) is 11.5. The van der Waals surface area contributed by atoms with Crippen LogP contribution in [0.4, 0.5) is 0 Å². The van der Waals surface area contributed by atoms with E-state index in [2.05, 4.69) is 11.9 Å². The fourth-order valence-corrected chi connectivity index (χ4v) is 1.99. The van der Waals surface area contributed by atoms with Crippen molar-refractivity contribution in [3.8, 4) is 0 Å². The van der Waals surface area contributed by atoms with Crippen LogP contribution in [0.15, 0.2) is 29.4 Å². The molecule has 0 spiro atoms. The number of thioether (sulfide) groups is 1. The Bertz CT molecular complexity index is 238. The molecule has 0 aromatic carbocycles. The quantitative estimate of drug-likeness (QED) is 0.579. The van der Waals surface area contributed by atoms with Gasteiger partial charge in [0.1, 0.15) is 0 Å². The largest absolute Gasteiger partial charge is 0.328 e. The fourth-order valence-electron chi connectivity index (χ4n) is 1.16. The Morgan fingerprint density at radius 3 is 3.00 bits per heavy atom. The molecule has 1 atom stereocenters. The maximum absolute atomic E-state index is 5.83. The molecular weight excluding hydrogens is 192 g/mol. The van der Waals surface area contributed by atoms with Crippen LogP contribution in [-0.2, 0) is 0 Å². The zero-order valence-corrected chi connectivity index (χ0v) is 9.46. The predicted molar refractivity (Wildman–Crippen MR) is 62.5 cm³/mol. The van der Waals surface area contributed by atoms with Crippen LogP contribution in [0, 0.1) is 0 Å². The molecule has 0 saturated heterocycles. The van der Waals surface area contributed by atoms with Gasteiger partial charge in [-0.1, -0.05) is 13.0 Å². The third-order valence-electron chi connectivity index (χ3n) is 2.13. The van der Waals surface area contributed by atoms with Gasteiger partial charge in [-0.25, -0.2) is 4.98 Å². The second kappa shape index (κ2) is 6.85. The minimum Gasteiger partial charge on any atom is -0.328 e. The van der Waals surface area contributed by atoms with Gasteiger partial charge in [0, 0.05) is 12.2 Å². The van der Waals surface area contributed by atoms with E-state index in [9.17, 15) is 0 Å². The Balaban J connectivity index is 2.10. The molecule has 0 saturated carbocycles. The van der Waals surface area contributed by atoms with Crippen molar-refractivity contribution in [1.82, 2.24) is 4.98 Å². The summed E-state index contributed by atoms with van der Waals surface area (Å²) in [4.78, 5) is 4.25. The van der Waals surface area contributed by atoms with Crippen LogP contribution in [0.5, 0.6) is 0 Å². The van der Waals surface area contributed by atoms with Gasteiger partial charge >= 0.3 is 0 Å². The van der Waals surface area contributed by atoms with Crippen LogP contribution < -0.4 is 5.73 Å². The van der Waals surface area contributed by atoms with Crippen LogP contribution >= 0.6 is 11.8 Å². The Morgan fingerprint density at radius 1 is 1.50 bits per heavy atom. The van der Waals surface area contributed by atoms with E-state index in [1.807, 2.05) is 24.4 Å². The Morgan fingerprint density at radius 2 is 2.36 bits per heavy atom. The molecule has 0 fully saturated rings. The van der Waals surface area contributed by atoms with Gasteiger partial charge in [-0.05, 0) is 37.1 Å². The van der Waals surface area contributed by atoms with Gasteiger partial charge in [-0.2, -0.15) is 0 Å².